The minimum absolute atomic E-state index is 0.176. The number of carbonyl (C=O) groups excluding carboxylic acids is 2. The van der Waals surface area contributed by atoms with Gasteiger partial charge in [0.2, 0.25) is 5.91 Å². The Kier molecular flexibility index (Phi) is 4.51. The van der Waals surface area contributed by atoms with Crippen molar-refractivity contribution < 1.29 is 14.3 Å². The van der Waals surface area contributed by atoms with Gasteiger partial charge in [-0.3, -0.25) is 4.79 Å². The van der Waals surface area contributed by atoms with E-state index < -0.39 is 12.1 Å². The molecule has 5 nitrogen and oxygen atoms in total. The number of nitrogens with one attached hydrogen (secondary N) is 2. The van der Waals surface area contributed by atoms with E-state index in [9.17, 15) is 9.59 Å². The molecule has 124 valence electrons. The molecule has 0 aromatic heterocycles. The fraction of sp³-hybridized carbons (Fsp3) is 0.263. The standard InChI is InChI=1S/C19H20N2O3/c1-12-5-3-4-6-15(12)16-8-7-14(9-13(16)2)11-24-19(23)21-17-10-20-18(17)22/h3-9,17H,10-11H2,1-2H3,(H,20,22)(H,21,23)/t17-/m0/s1. The number of ether oxygens (including phenoxy) is 1. The summed E-state index contributed by atoms with van der Waals surface area (Å²) in [6.07, 6.45) is -0.574. The maximum Gasteiger partial charge on any atom is 0.408 e. The van der Waals surface area contributed by atoms with E-state index in [1.54, 1.807) is 0 Å². The van der Waals surface area contributed by atoms with Crippen LogP contribution in [0.5, 0.6) is 0 Å². The monoisotopic (exact) mass is 324 g/mol. The van der Waals surface area contributed by atoms with Crippen molar-refractivity contribution in [3.63, 3.8) is 0 Å². The van der Waals surface area contributed by atoms with Crippen LogP contribution in [0.2, 0.25) is 0 Å². The predicted octanol–water partition coefficient (Wildman–Crippen LogP) is 2.70. The highest BCUT2D eigenvalue weighted by Gasteiger charge is 2.29. The van der Waals surface area contributed by atoms with E-state index in [0.717, 1.165) is 11.1 Å². The van der Waals surface area contributed by atoms with E-state index in [0.29, 0.717) is 6.54 Å². The Morgan fingerprint density at radius 1 is 1.17 bits per heavy atom. The number of hydrogen-bond acceptors (Lipinski definition) is 3. The predicted molar refractivity (Wildman–Crippen MR) is 91.5 cm³/mol. The van der Waals surface area contributed by atoms with E-state index >= 15 is 0 Å². The second-order valence-electron chi connectivity index (χ2n) is 5.98. The highest BCUT2D eigenvalue weighted by Crippen LogP contribution is 2.27. The zero-order valence-electron chi connectivity index (χ0n) is 13.8. The molecule has 1 saturated heterocycles. The van der Waals surface area contributed by atoms with Gasteiger partial charge in [-0.15, -0.1) is 0 Å². The van der Waals surface area contributed by atoms with Crippen LogP contribution in [0.3, 0.4) is 0 Å². The van der Waals surface area contributed by atoms with E-state index in [1.165, 1.54) is 16.7 Å². The van der Waals surface area contributed by atoms with E-state index in [1.807, 2.05) is 37.3 Å². The SMILES string of the molecule is Cc1ccccc1-c1ccc(COC(=O)N[C@H]2CNC2=O)cc1C. The Bertz CT molecular complexity index is 786. The van der Waals surface area contributed by atoms with Crippen molar-refractivity contribution in [3.05, 3.63) is 59.2 Å². The zero-order valence-corrected chi connectivity index (χ0v) is 13.8. The van der Waals surface area contributed by atoms with Crippen LogP contribution >= 0.6 is 0 Å². The second-order valence-corrected chi connectivity index (χ2v) is 5.98. The molecule has 2 amide bonds. The van der Waals surface area contributed by atoms with Gasteiger partial charge in [-0.05, 0) is 41.7 Å². The fourth-order valence-electron chi connectivity index (χ4n) is 2.73. The van der Waals surface area contributed by atoms with Gasteiger partial charge in [0.25, 0.3) is 0 Å². The van der Waals surface area contributed by atoms with Crippen LogP contribution in [0.4, 0.5) is 4.79 Å². The number of alkyl carbamates (subject to hydrolysis) is 1. The highest BCUT2D eigenvalue weighted by atomic mass is 16.5. The molecule has 1 aliphatic heterocycles. The van der Waals surface area contributed by atoms with Crippen LogP contribution in [0.25, 0.3) is 11.1 Å². The molecule has 0 saturated carbocycles. The number of carbonyl (C=O) groups is 2. The maximum atomic E-state index is 11.7. The number of amides is 2. The Morgan fingerprint density at radius 3 is 2.54 bits per heavy atom. The summed E-state index contributed by atoms with van der Waals surface area (Å²) in [7, 11) is 0. The minimum Gasteiger partial charge on any atom is -0.445 e. The molecule has 1 aliphatic rings. The molecule has 2 aromatic carbocycles. The average molecular weight is 324 g/mol. The molecule has 0 radical (unpaired) electrons. The molecule has 2 N–H and O–H groups in total. The number of β-lactam (4-membered cyclic amide) rings is 1. The third-order valence-corrected chi connectivity index (χ3v) is 4.18. The lowest BCUT2D eigenvalue weighted by Gasteiger charge is -2.26. The molecule has 1 heterocycles. The first kappa shape index (κ1) is 16.1. The molecule has 0 unspecified atom stereocenters. The van der Waals surface area contributed by atoms with Gasteiger partial charge in [0, 0.05) is 6.54 Å². The molecule has 0 spiro atoms. The summed E-state index contributed by atoms with van der Waals surface area (Å²) < 4.78 is 5.18. The Morgan fingerprint density at radius 2 is 1.92 bits per heavy atom. The quantitative estimate of drug-likeness (QED) is 0.850. The lowest BCUT2D eigenvalue weighted by atomic mass is 9.95. The minimum atomic E-state index is -0.574. The molecule has 2 aromatic rings. The molecule has 3 rings (SSSR count). The molecule has 1 atom stereocenters. The Labute approximate surface area is 141 Å². The molecular formula is C19H20N2O3. The van der Waals surface area contributed by atoms with Gasteiger partial charge in [0.15, 0.2) is 0 Å². The highest BCUT2D eigenvalue weighted by molar-refractivity contribution is 5.90. The second kappa shape index (κ2) is 6.74. The normalized spacial score (nSPS) is 16.1. The summed E-state index contributed by atoms with van der Waals surface area (Å²) in [6.45, 7) is 4.77. The van der Waals surface area contributed by atoms with Gasteiger partial charge in [0.1, 0.15) is 12.6 Å². The molecule has 5 heteroatoms. The number of benzene rings is 2. The molecule has 1 fully saturated rings. The Balaban J connectivity index is 1.63. The number of aryl methyl sites for hydroxylation is 2. The van der Waals surface area contributed by atoms with Gasteiger partial charge in [-0.25, -0.2) is 4.79 Å². The molecule has 24 heavy (non-hydrogen) atoms. The zero-order chi connectivity index (χ0) is 17.1. The van der Waals surface area contributed by atoms with Gasteiger partial charge >= 0.3 is 6.09 Å². The smallest absolute Gasteiger partial charge is 0.408 e. The van der Waals surface area contributed by atoms with Gasteiger partial charge in [-0.2, -0.15) is 0 Å². The van der Waals surface area contributed by atoms with Crippen molar-refractivity contribution in [1.82, 2.24) is 10.6 Å². The van der Waals surface area contributed by atoms with Crippen molar-refractivity contribution >= 4 is 12.0 Å². The van der Waals surface area contributed by atoms with E-state index in [4.69, 9.17) is 4.74 Å². The van der Waals surface area contributed by atoms with Crippen molar-refractivity contribution in [3.8, 4) is 11.1 Å². The third kappa shape index (κ3) is 3.40. The van der Waals surface area contributed by atoms with Crippen molar-refractivity contribution in [2.75, 3.05) is 6.54 Å². The summed E-state index contributed by atoms with van der Waals surface area (Å²) in [4.78, 5) is 22.8. The van der Waals surface area contributed by atoms with Crippen molar-refractivity contribution in [1.29, 1.82) is 0 Å². The summed E-state index contributed by atoms with van der Waals surface area (Å²) in [5, 5.41) is 5.08. The lowest BCUT2D eigenvalue weighted by molar-refractivity contribution is -0.128. The first-order valence-electron chi connectivity index (χ1n) is 7.91. The molecule has 0 bridgehead atoms. The van der Waals surface area contributed by atoms with Gasteiger partial charge in [-0.1, -0.05) is 42.5 Å². The largest absolute Gasteiger partial charge is 0.445 e. The fourth-order valence-corrected chi connectivity index (χ4v) is 2.73. The number of hydrogen-bond donors (Lipinski definition) is 2. The topological polar surface area (TPSA) is 67.4 Å². The van der Waals surface area contributed by atoms with Crippen molar-refractivity contribution in [2.24, 2.45) is 0 Å². The average Bonchev–Trinajstić information content (AvgIpc) is 2.57. The van der Waals surface area contributed by atoms with Crippen LogP contribution in [0.1, 0.15) is 16.7 Å². The molecular weight excluding hydrogens is 304 g/mol. The first-order chi connectivity index (χ1) is 11.5. The lowest BCUT2D eigenvalue weighted by Crippen LogP contribution is -2.61. The summed E-state index contributed by atoms with van der Waals surface area (Å²) in [6, 6.07) is 13.8. The summed E-state index contributed by atoms with van der Waals surface area (Å²) in [5.41, 5.74) is 5.65. The maximum absolute atomic E-state index is 11.7. The van der Waals surface area contributed by atoms with Crippen LogP contribution < -0.4 is 10.6 Å². The summed E-state index contributed by atoms with van der Waals surface area (Å²) in [5.74, 6) is -0.176. The first-order valence-corrected chi connectivity index (χ1v) is 7.91. The van der Waals surface area contributed by atoms with E-state index in [-0.39, 0.29) is 12.5 Å². The van der Waals surface area contributed by atoms with Gasteiger partial charge in [0.05, 0.1) is 0 Å². The van der Waals surface area contributed by atoms with Crippen LogP contribution in [0, 0.1) is 13.8 Å². The van der Waals surface area contributed by atoms with E-state index in [2.05, 4.69) is 29.7 Å². The van der Waals surface area contributed by atoms with Crippen LogP contribution in [0.15, 0.2) is 42.5 Å². The molecule has 0 aliphatic carbocycles. The third-order valence-electron chi connectivity index (χ3n) is 4.18. The van der Waals surface area contributed by atoms with Crippen molar-refractivity contribution in [2.45, 2.75) is 26.5 Å². The Hall–Kier alpha value is -2.82. The number of rotatable bonds is 4. The van der Waals surface area contributed by atoms with Crippen LogP contribution in [-0.2, 0) is 16.1 Å². The van der Waals surface area contributed by atoms with Crippen LogP contribution in [-0.4, -0.2) is 24.6 Å². The van der Waals surface area contributed by atoms with Gasteiger partial charge < -0.3 is 15.4 Å². The summed E-state index contributed by atoms with van der Waals surface area (Å²) >= 11 is 0.